The van der Waals surface area contributed by atoms with E-state index in [4.69, 9.17) is 34.6 Å². The van der Waals surface area contributed by atoms with Crippen LogP contribution in [-0.4, -0.2) is 82.1 Å². The van der Waals surface area contributed by atoms with E-state index in [-0.39, 0.29) is 30.0 Å². The molecule has 212 valence electrons. The van der Waals surface area contributed by atoms with E-state index < -0.39 is 52.5 Å². The van der Waals surface area contributed by atoms with E-state index in [9.17, 15) is 27.9 Å². The van der Waals surface area contributed by atoms with Gasteiger partial charge in [-0.05, 0) is 50.0 Å². The highest BCUT2D eigenvalue weighted by molar-refractivity contribution is 5.92. The van der Waals surface area contributed by atoms with Crippen LogP contribution < -0.4 is 5.73 Å². The normalized spacial score (nSPS) is 44.7. The number of rotatable bonds is 3. The standard InChI is InChI=1S/C23H31NO7.C2HF3O2/c1-10(2)22-15(30-22)16-23(31-16)20(4)7-5-12-13(9-28-18(12)26)14(20)6-8-21(23,27)19(22)29-17(25)11(3)24;3-2(4,5)1(6)7/h10-11,14-16,19,27H,5-9,24H2,1-4H3;(H,6,7)/t11-,14-,15-,16-,19-,20-,21+,22-,23+;/m0./s1. The SMILES string of the molecule is CC(C)[C@]12O[C@H]1[C@@H]1O[C@@]13[C@@]1(C)CCC4=C(COC4=O)[C@@H]1CC[C@@]3(O)[C@@H]2OC(=O)[C@H](C)N.O=C(O)C(F)(F)F. The summed E-state index contributed by atoms with van der Waals surface area (Å²) in [4.78, 5) is 33.7. The molecule has 9 atom stereocenters. The molecular weight excluding hydrogens is 515 g/mol. The Hall–Kier alpha value is -2.22. The summed E-state index contributed by atoms with van der Waals surface area (Å²) in [6.07, 6.45) is -4.03. The molecule has 2 saturated heterocycles. The van der Waals surface area contributed by atoms with Gasteiger partial charge in [-0.3, -0.25) is 4.79 Å². The van der Waals surface area contributed by atoms with Crippen LogP contribution >= 0.6 is 0 Å². The average molecular weight is 548 g/mol. The average Bonchev–Trinajstić information content (AvgIpc) is 3.70. The molecule has 4 N–H and O–H groups in total. The number of esters is 2. The number of epoxide rings is 2. The molecule has 3 aliphatic heterocycles. The van der Waals surface area contributed by atoms with Crippen molar-refractivity contribution >= 4 is 17.9 Å². The van der Waals surface area contributed by atoms with E-state index in [1.54, 1.807) is 6.92 Å². The number of fused-ring (bicyclic) bond motifs is 4. The molecule has 4 fully saturated rings. The Morgan fingerprint density at radius 1 is 1.16 bits per heavy atom. The predicted molar refractivity (Wildman–Crippen MR) is 120 cm³/mol. The summed E-state index contributed by atoms with van der Waals surface area (Å²) in [6.45, 7) is 8.12. The number of halogens is 3. The Morgan fingerprint density at radius 2 is 1.79 bits per heavy atom. The molecule has 6 aliphatic rings. The summed E-state index contributed by atoms with van der Waals surface area (Å²) in [7, 11) is 0. The minimum atomic E-state index is -5.08. The fourth-order valence-electron chi connectivity index (χ4n) is 7.77. The first-order chi connectivity index (χ1) is 17.5. The number of aliphatic hydroxyl groups is 1. The molecule has 0 radical (unpaired) electrons. The zero-order valence-corrected chi connectivity index (χ0v) is 21.5. The van der Waals surface area contributed by atoms with Crippen molar-refractivity contribution in [1.29, 1.82) is 0 Å². The van der Waals surface area contributed by atoms with Crippen molar-refractivity contribution in [3.05, 3.63) is 11.1 Å². The number of hydrogen-bond donors (Lipinski definition) is 3. The maximum Gasteiger partial charge on any atom is 0.490 e. The summed E-state index contributed by atoms with van der Waals surface area (Å²) in [5.74, 6) is -3.39. The zero-order chi connectivity index (χ0) is 28.2. The van der Waals surface area contributed by atoms with Crippen LogP contribution in [0.2, 0.25) is 0 Å². The molecule has 0 aromatic heterocycles. The second-order valence-corrected chi connectivity index (χ2v) is 11.7. The maximum atomic E-state index is 12.6. The van der Waals surface area contributed by atoms with Gasteiger partial charge in [-0.2, -0.15) is 13.2 Å². The van der Waals surface area contributed by atoms with Crippen LogP contribution in [0.4, 0.5) is 13.2 Å². The number of ether oxygens (including phenoxy) is 4. The minimum absolute atomic E-state index is 0.0293. The van der Waals surface area contributed by atoms with Crippen LogP contribution in [0.15, 0.2) is 11.1 Å². The first-order valence-corrected chi connectivity index (χ1v) is 12.7. The number of hydrogen-bond acceptors (Lipinski definition) is 9. The van der Waals surface area contributed by atoms with E-state index in [1.807, 2.05) is 13.8 Å². The Balaban J connectivity index is 0.000000374. The van der Waals surface area contributed by atoms with Crippen LogP contribution in [0.25, 0.3) is 0 Å². The lowest BCUT2D eigenvalue weighted by Gasteiger charge is -2.59. The zero-order valence-electron chi connectivity index (χ0n) is 21.5. The fraction of sp³-hybridized carbons (Fsp3) is 0.800. The monoisotopic (exact) mass is 547 g/mol. The van der Waals surface area contributed by atoms with E-state index in [2.05, 4.69) is 6.92 Å². The fourth-order valence-corrected chi connectivity index (χ4v) is 7.77. The Morgan fingerprint density at radius 3 is 2.34 bits per heavy atom. The molecule has 6 rings (SSSR count). The quantitative estimate of drug-likeness (QED) is 0.350. The second kappa shape index (κ2) is 8.15. The van der Waals surface area contributed by atoms with E-state index in [0.29, 0.717) is 32.3 Å². The Labute approximate surface area is 216 Å². The first-order valence-electron chi connectivity index (χ1n) is 12.7. The summed E-state index contributed by atoms with van der Waals surface area (Å²) >= 11 is 0. The molecule has 3 heterocycles. The van der Waals surface area contributed by atoms with Crippen LogP contribution in [0, 0.1) is 17.3 Å². The second-order valence-electron chi connectivity index (χ2n) is 11.7. The molecular formula is C25H32F3NO9. The lowest BCUT2D eigenvalue weighted by molar-refractivity contribution is -0.231. The number of alkyl halides is 3. The third-order valence-corrected chi connectivity index (χ3v) is 9.63. The van der Waals surface area contributed by atoms with Crippen LogP contribution in [-0.2, 0) is 33.3 Å². The number of nitrogens with two attached hydrogens (primary N) is 1. The Bertz CT molecular complexity index is 1120. The highest BCUT2D eigenvalue weighted by atomic mass is 19.4. The first kappa shape index (κ1) is 27.4. The molecule has 13 heteroatoms. The van der Waals surface area contributed by atoms with Gasteiger partial charge in [-0.25, -0.2) is 9.59 Å². The Kier molecular flexibility index (Phi) is 5.87. The van der Waals surface area contributed by atoms with Gasteiger partial charge in [0.1, 0.15) is 41.7 Å². The lowest BCUT2D eigenvalue weighted by Crippen LogP contribution is -2.74. The predicted octanol–water partition coefficient (Wildman–Crippen LogP) is 1.62. The van der Waals surface area contributed by atoms with Gasteiger partial charge in [0.25, 0.3) is 0 Å². The number of carbonyl (C=O) groups is 3. The van der Waals surface area contributed by atoms with Crippen molar-refractivity contribution < 1.29 is 56.7 Å². The van der Waals surface area contributed by atoms with E-state index in [0.717, 1.165) is 11.1 Å². The highest BCUT2D eigenvalue weighted by Gasteiger charge is 2.94. The minimum Gasteiger partial charge on any atom is -0.475 e. The van der Waals surface area contributed by atoms with E-state index >= 15 is 0 Å². The molecule has 0 bridgehead atoms. The van der Waals surface area contributed by atoms with Gasteiger partial charge in [0.05, 0.1) is 0 Å². The number of carboxylic acids is 1. The molecule has 0 amide bonds. The van der Waals surface area contributed by atoms with Crippen LogP contribution in [0.1, 0.15) is 53.4 Å². The van der Waals surface area contributed by atoms with Crippen molar-refractivity contribution in [3.63, 3.8) is 0 Å². The molecule has 0 aromatic rings. The van der Waals surface area contributed by atoms with Gasteiger partial charge in [0, 0.05) is 11.0 Å². The third-order valence-electron chi connectivity index (χ3n) is 9.63. The number of carbonyl (C=O) groups excluding carboxylic acids is 2. The summed E-state index contributed by atoms with van der Waals surface area (Å²) in [6, 6.07) is -0.797. The topological polar surface area (TPSA) is 161 Å². The van der Waals surface area contributed by atoms with Crippen molar-refractivity contribution in [1.82, 2.24) is 0 Å². The van der Waals surface area contributed by atoms with Crippen molar-refractivity contribution in [2.45, 2.75) is 101 Å². The molecule has 2 saturated carbocycles. The molecule has 38 heavy (non-hydrogen) atoms. The van der Waals surface area contributed by atoms with Gasteiger partial charge in [0.2, 0.25) is 0 Å². The van der Waals surface area contributed by atoms with E-state index in [1.165, 1.54) is 0 Å². The molecule has 3 aliphatic carbocycles. The number of carboxylic acid groups (broad SMARTS) is 1. The van der Waals surface area contributed by atoms with Gasteiger partial charge < -0.3 is 34.9 Å². The summed E-state index contributed by atoms with van der Waals surface area (Å²) in [5, 5.41) is 19.5. The van der Waals surface area contributed by atoms with Gasteiger partial charge in [-0.15, -0.1) is 0 Å². The van der Waals surface area contributed by atoms with Crippen molar-refractivity contribution in [3.8, 4) is 0 Å². The van der Waals surface area contributed by atoms with Crippen molar-refractivity contribution in [2.24, 2.45) is 23.0 Å². The molecule has 1 spiro atoms. The smallest absolute Gasteiger partial charge is 0.475 e. The molecule has 0 aromatic carbocycles. The number of cyclic esters (lactones) is 1. The lowest BCUT2D eigenvalue weighted by atomic mass is 9.45. The third kappa shape index (κ3) is 3.31. The summed E-state index contributed by atoms with van der Waals surface area (Å²) < 4.78 is 55.8. The maximum absolute atomic E-state index is 12.6. The summed E-state index contributed by atoms with van der Waals surface area (Å²) in [5.41, 5.74) is 4.23. The highest BCUT2D eigenvalue weighted by Crippen LogP contribution is 2.78. The van der Waals surface area contributed by atoms with Gasteiger partial charge >= 0.3 is 24.1 Å². The van der Waals surface area contributed by atoms with Gasteiger partial charge in [-0.1, -0.05) is 20.8 Å². The molecule has 10 nitrogen and oxygen atoms in total. The largest absolute Gasteiger partial charge is 0.490 e. The van der Waals surface area contributed by atoms with Crippen LogP contribution in [0.3, 0.4) is 0 Å². The van der Waals surface area contributed by atoms with Crippen LogP contribution in [0.5, 0.6) is 0 Å². The molecule has 0 unspecified atom stereocenters. The van der Waals surface area contributed by atoms with Gasteiger partial charge in [0.15, 0.2) is 6.10 Å². The van der Waals surface area contributed by atoms with Crippen molar-refractivity contribution in [2.75, 3.05) is 6.61 Å². The number of aliphatic carboxylic acids is 1.